The summed E-state index contributed by atoms with van der Waals surface area (Å²) in [5.41, 5.74) is 10.2. The van der Waals surface area contributed by atoms with E-state index in [-0.39, 0.29) is 0 Å². The first-order chi connectivity index (χ1) is 9.52. The third-order valence-corrected chi connectivity index (χ3v) is 4.62. The molecular weight excluding hydrogens is 246 g/mol. The van der Waals surface area contributed by atoms with Crippen molar-refractivity contribution in [2.45, 2.75) is 38.8 Å². The van der Waals surface area contributed by atoms with Crippen LogP contribution in [0.3, 0.4) is 0 Å². The topological polar surface area (TPSA) is 32.5 Å². The molecule has 0 saturated carbocycles. The molecule has 0 amide bonds. The molecule has 112 valence electrons. The Kier molecular flexibility index (Phi) is 5.19. The molecule has 0 spiro atoms. The SMILES string of the molecule is Cc1ccc(C)c(C(CN)N2CCCC(N(C)C)C2)c1. The molecule has 1 aromatic carbocycles. The number of aryl methyl sites for hydroxylation is 2. The zero-order chi connectivity index (χ0) is 14.7. The maximum Gasteiger partial charge on any atom is 0.0473 e. The van der Waals surface area contributed by atoms with Gasteiger partial charge in [-0.3, -0.25) is 4.90 Å². The Morgan fingerprint density at radius 1 is 1.35 bits per heavy atom. The highest BCUT2D eigenvalue weighted by molar-refractivity contribution is 5.33. The summed E-state index contributed by atoms with van der Waals surface area (Å²) in [6.45, 7) is 7.35. The Morgan fingerprint density at radius 2 is 2.10 bits per heavy atom. The average molecular weight is 275 g/mol. The fourth-order valence-electron chi connectivity index (χ4n) is 3.28. The number of likely N-dealkylation sites (tertiary alicyclic amines) is 1. The minimum Gasteiger partial charge on any atom is -0.329 e. The predicted molar refractivity (Wildman–Crippen MR) is 86.0 cm³/mol. The van der Waals surface area contributed by atoms with Crippen molar-refractivity contribution in [3.05, 3.63) is 34.9 Å². The van der Waals surface area contributed by atoms with Crippen LogP contribution < -0.4 is 5.73 Å². The van der Waals surface area contributed by atoms with Crippen molar-refractivity contribution in [3.63, 3.8) is 0 Å². The molecule has 0 aromatic heterocycles. The van der Waals surface area contributed by atoms with Gasteiger partial charge in [-0.2, -0.15) is 0 Å². The van der Waals surface area contributed by atoms with Gasteiger partial charge in [-0.05, 0) is 58.5 Å². The van der Waals surface area contributed by atoms with Gasteiger partial charge in [0.1, 0.15) is 0 Å². The fraction of sp³-hybridized carbons (Fsp3) is 0.647. The summed E-state index contributed by atoms with van der Waals surface area (Å²) in [7, 11) is 4.37. The third kappa shape index (κ3) is 3.40. The molecule has 0 radical (unpaired) electrons. The minimum absolute atomic E-state index is 0.359. The predicted octanol–water partition coefficient (Wildman–Crippen LogP) is 2.33. The van der Waals surface area contributed by atoms with E-state index in [9.17, 15) is 0 Å². The summed E-state index contributed by atoms with van der Waals surface area (Å²) in [6.07, 6.45) is 2.57. The summed E-state index contributed by atoms with van der Waals surface area (Å²) in [5.74, 6) is 0. The molecule has 3 nitrogen and oxygen atoms in total. The zero-order valence-corrected chi connectivity index (χ0v) is 13.4. The van der Waals surface area contributed by atoms with Crippen LogP contribution in [-0.4, -0.2) is 49.6 Å². The van der Waals surface area contributed by atoms with Crippen molar-refractivity contribution < 1.29 is 0 Å². The molecule has 1 saturated heterocycles. The summed E-state index contributed by atoms with van der Waals surface area (Å²) in [5, 5.41) is 0. The summed E-state index contributed by atoms with van der Waals surface area (Å²) < 4.78 is 0. The van der Waals surface area contributed by atoms with Crippen molar-refractivity contribution >= 4 is 0 Å². The lowest BCUT2D eigenvalue weighted by Gasteiger charge is -2.40. The van der Waals surface area contributed by atoms with Crippen molar-refractivity contribution in [2.24, 2.45) is 5.73 Å². The first-order valence-corrected chi connectivity index (χ1v) is 7.70. The number of hydrogen-bond donors (Lipinski definition) is 1. The second-order valence-electron chi connectivity index (χ2n) is 6.37. The molecule has 1 aliphatic rings. The van der Waals surface area contributed by atoms with E-state index >= 15 is 0 Å². The maximum atomic E-state index is 6.12. The van der Waals surface area contributed by atoms with Gasteiger partial charge in [0.15, 0.2) is 0 Å². The van der Waals surface area contributed by atoms with E-state index in [0.29, 0.717) is 18.6 Å². The molecule has 0 bridgehead atoms. The van der Waals surface area contributed by atoms with Crippen LogP contribution in [0.4, 0.5) is 0 Å². The van der Waals surface area contributed by atoms with Crippen LogP contribution in [0.1, 0.15) is 35.6 Å². The van der Waals surface area contributed by atoms with E-state index in [1.54, 1.807) is 0 Å². The average Bonchev–Trinajstić information content (AvgIpc) is 2.44. The van der Waals surface area contributed by atoms with Crippen LogP contribution in [0.15, 0.2) is 18.2 Å². The molecule has 2 unspecified atom stereocenters. The van der Waals surface area contributed by atoms with Crippen LogP contribution in [-0.2, 0) is 0 Å². The van der Waals surface area contributed by atoms with Crippen LogP contribution in [0, 0.1) is 13.8 Å². The number of hydrogen-bond acceptors (Lipinski definition) is 3. The van der Waals surface area contributed by atoms with Gasteiger partial charge in [0.05, 0.1) is 0 Å². The van der Waals surface area contributed by atoms with Gasteiger partial charge < -0.3 is 10.6 Å². The molecule has 1 aromatic rings. The molecule has 20 heavy (non-hydrogen) atoms. The number of rotatable bonds is 4. The van der Waals surface area contributed by atoms with E-state index in [4.69, 9.17) is 5.73 Å². The van der Waals surface area contributed by atoms with Gasteiger partial charge in [0.25, 0.3) is 0 Å². The quantitative estimate of drug-likeness (QED) is 0.915. The van der Waals surface area contributed by atoms with Gasteiger partial charge >= 0.3 is 0 Å². The minimum atomic E-state index is 0.359. The van der Waals surface area contributed by atoms with Gasteiger partial charge in [0, 0.05) is 25.2 Å². The molecule has 1 fully saturated rings. The van der Waals surface area contributed by atoms with E-state index in [1.807, 2.05) is 0 Å². The highest BCUT2D eigenvalue weighted by Crippen LogP contribution is 2.27. The molecular formula is C17H29N3. The number of likely N-dealkylation sites (N-methyl/N-ethyl adjacent to an activating group) is 1. The number of nitrogens with zero attached hydrogens (tertiary/aromatic N) is 2. The lowest BCUT2D eigenvalue weighted by Crippen LogP contribution is -2.48. The van der Waals surface area contributed by atoms with Gasteiger partial charge in [-0.25, -0.2) is 0 Å². The van der Waals surface area contributed by atoms with E-state index in [0.717, 1.165) is 6.54 Å². The standard InChI is InChI=1S/C17H29N3/c1-13-7-8-14(2)16(10-13)17(11-18)20-9-5-6-15(12-20)19(3)4/h7-8,10,15,17H,5-6,9,11-12,18H2,1-4H3. The molecule has 3 heteroatoms. The summed E-state index contributed by atoms with van der Waals surface area (Å²) in [6, 6.07) is 7.73. The van der Waals surface area contributed by atoms with Gasteiger partial charge in [-0.1, -0.05) is 23.8 Å². The van der Waals surface area contributed by atoms with E-state index < -0.39 is 0 Å². The van der Waals surface area contributed by atoms with Crippen molar-refractivity contribution in [3.8, 4) is 0 Å². The maximum absolute atomic E-state index is 6.12. The van der Waals surface area contributed by atoms with E-state index in [1.165, 1.54) is 36.1 Å². The normalized spacial score (nSPS) is 22.2. The Morgan fingerprint density at radius 3 is 2.75 bits per heavy atom. The Hall–Kier alpha value is -0.900. The molecule has 2 atom stereocenters. The summed E-state index contributed by atoms with van der Waals surface area (Å²) >= 11 is 0. The first kappa shape index (κ1) is 15.5. The van der Waals surface area contributed by atoms with Gasteiger partial charge in [-0.15, -0.1) is 0 Å². The van der Waals surface area contributed by atoms with Crippen molar-refractivity contribution in [1.82, 2.24) is 9.80 Å². The molecule has 0 aliphatic carbocycles. The monoisotopic (exact) mass is 275 g/mol. The lowest BCUT2D eigenvalue weighted by molar-refractivity contribution is 0.0981. The molecule has 1 heterocycles. The smallest absolute Gasteiger partial charge is 0.0473 e. The highest BCUT2D eigenvalue weighted by atomic mass is 15.2. The second-order valence-corrected chi connectivity index (χ2v) is 6.37. The van der Waals surface area contributed by atoms with Crippen molar-refractivity contribution in [1.29, 1.82) is 0 Å². The van der Waals surface area contributed by atoms with E-state index in [2.05, 4.69) is 55.9 Å². The first-order valence-electron chi connectivity index (χ1n) is 7.70. The largest absolute Gasteiger partial charge is 0.329 e. The zero-order valence-electron chi connectivity index (χ0n) is 13.4. The van der Waals surface area contributed by atoms with Gasteiger partial charge in [0.2, 0.25) is 0 Å². The Labute approximate surface area is 123 Å². The Bertz CT molecular complexity index is 442. The third-order valence-electron chi connectivity index (χ3n) is 4.62. The Balaban J connectivity index is 2.21. The highest BCUT2D eigenvalue weighted by Gasteiger charge is 2.27. The molecule has 1 aliphatic heterocycles. The van der Waals surface area contributed by atoms with Crippen LogP contribution in [0.5, 0.6) is 0 Å². The number of piperidine rings is 1. The molecule has 2 rings (SSSR count). The van der Waals surface area contributed by atoms with Crippen LogP contribution >= 0.6 is 0 Å². The van der Waals surface area contributed by atoms with Crippen LogP contribution in [0.2, 0.25) is 0 Å². The van der Waals surface area contributed by atoms with Crippen molar-refractivity contribution in [2.75, 3.05) is 33.7 Å². The van der Waals surface area contributed by atoms with Crippen LogP contribution in [0.25, 0.3) is 0 Å². The fourth-order valence-corrected chi connectivity index (χ4v) is 3.28. The molecule has 2 N–H and O–H groups in total. The number of benzene rings is 1. The second kappa shape index (κ2) is 6.70. The lowest BCUT2D eigenvalue weighted by atomic mass is 9.95. The number of nitrogens with two attached hydrogens (primary N) is 1. The summed E-state index contributed by atoms with van der Waals surface area (Å²) in [4.78, 5) is 4.93.